The third-order valence-corrected chi connectivity index (χ3v) is 5.13. The van der Waals surface area contributed by atoms with Gasteiger partial charge in [0.1, 0.15) is 0 Å². The monoisotopic (exact) mass is 439 g/mol. The van der Waals surface area contributed by atoms with E-state index in [4.69, 9.17) is 17.3 Å². The van der Waals surface area contributed by atoms with Crippen LogP contribution in [0.15, 0.2) is 95.5 Å². The van der Waals surface area contributed by atoms with Gasteiger partial charge in [0, 0.05) is 33.7 Å². The predicted molar refractivity (Wildman–Crippen MR) is 138 cm³/mol. The summed E-state index contributed by atoms with van der Waals surface area (Å²) in [4.78, 5) is 0. The summed E-state index contributed by atoms with van der Waals surface area (Å²) in [7, 11) is 0. The summed E-state index contributed by atoms with van der Waals surface area (Å²) in [5, 5.41) is 7.60. The zero-order valence-electron chi connectivity index (χ0n) is 19.9. The van der Waals surface area contributed by atoms with Crippen LogP contribution in [-0.4, -0.2) is 6.04 Å². The van der Waals surface area contributed by atoms with Crippen molar-refractivity contribution in [3.05, 3.63) is 106 Å². The van der Waals surface area contributed by atoms with Gasteiger partial charge in [0.2, 0.25) is 0 Å². The van der Waals surface area contributed by atoms with Crippen LogP contribution in [0.4, 0.5) is 0 Å². The minimum absolute atomic E-state index is 0.134. The zero-order chi connectivity index (χ0) is 23.6. The lowest BCUT2D eigenvalue weighted by atomic mass is 9.97. The van der Waals surface area contributed by atoms with Gasteiger partial charge in [-0.25, -0.2) is 0 Å². The van der Waals surface area contributed by atoms with Crippen molar-refractivity contribution in [2.75, 3.05) is 0 Å². The van der Waals surface area contributed by atoms with Gasteiger partial charge in [-0.3, -0.25) is 0 Å². The Morgan fingerprint density at radius 3 is 2.32 bits per heavy atom. The number of hydrogen-bond donors (Lipinski definition) is 3. The molecular formula is C27H38ClN3. The van der Waals surface area contributed by atoms with E-state index in [0.29, 0.717) is 11.7 Å². The summed E-state index contributed by atoms with van der Waals surface area (Å²) in [6, 6.07) is 8.36. The third-order valence-electron chi connectivity index (χ3n) is 4.89. The fourth-order valence-electron chi connectivity index (χ4n) is 3.18. The summed E-state index contributed by atoms with van der Waals surface area (Å²) >= 11 is 6.18. The van der Waals surface area contributed by atoms with Crippen LogP contribution in [0.1, 0.15) is 59.6 Å². The lowest BCUT2D eigenvalue weighted by Gasteiger charge is -2.21. The van der Waals surface area contributed by atoms with Gasteiger partial charge in [-0.1, -0.05) is 56.0 Å². The van der Waals surface area contributed by atoms with Gasteiger partial charge in [-0.2, -0.15) is 0 Å². The average molecular weight is 440 g/mol. The largest absolute Gasteiger partial charge is 0.398 e. The van der Waals surface area contributed by atoms with Gasteiger partial charge >= 0.3 is 0 Å². The number of allylic oxidation sites excluding steroid dienone is 6. The summed E-state index contributed by atoms with van der Waals surface area (Å²) in [5.74, 6) is 0. The minimum atomic E-state index is 0.134. The molecule has 0 bridgehead atoms. The molecule has 4 N–H and O–H groups in total. The van der Waals surface area contributed by atoms with Crippen LogP contribution in [0.5, 0.6) is 0 Å². The number of nitrogens with one attached hydrogen (secondary N) is 2. The SMILES string of the molecule is C=C(/C=C(C(\N)=C/C)/C(/C=C(\C)C(=C)NC(CC)c1cccc(Cl)c1)=C/C)NC(C)C. The molecule has 1 rings (SSSR count). The first-order valence-corrected chi connectivity index (χ1v) is 11.2. The van der Waals surface area contributed by atoms with Gasteiger partial charge < -0.3 is 16.4 Å². The number of hydrogen-bond acceptors (Lipinski definition) is 3. The maximum Gasteiger partial charge on any atom is 0.0511 e. The van der Waals surface area contributed by atoms with Crippen LogP contribution in [0.25, 0.3) is 0 Å². The van der Waals surface area contributed by atoms with Crippen LogP contribution in [-0.2, 0) is 0 Å². The van der Waals surface area contributed by atoms with E-state index in [0.717, 1.165) is 45.1 Å². The summed E-state index contributed by atoms with van der Waals surface area (Å²) in [6.07, 6.45) is 8.97. The van der Waals surface area contributed by atoms with E-state index >= 15 is 0 Å². The molecule has 0 aliphatic carbocycles. The molecule has 1 atom stereocenters. The fourth-order valence-corrected chi connectivity index (χ4v) is 3.38. The first-order chi connectivity index (χ1) is 14.6. The lowest BCUT2D eigenvalue weighted by Crippen LogP contribution is -2.21. The highest BCUT2D eigenvalue weighted by atomic mass is 35.5. The molecule has 0 radical (unpaired) electrons. The van der Waals surface area contributed by atoms with Crippen LogP contribution in [0, 0.1) is 0 Å². The number of nitrogens with two attached hydrogens (primary N) is 1. The smallest absolute Gasteiger partial charge is 0.0511 e. The highest BCUT2D eigenvalue weighted by Crippen LogP contribution is 2.25. The van der Waals surface area contributed by atoms with Crippen molar-refractivity contribution in [3.63, 3.8) is 0 Å². The van der Waals surface area contributed by atoms with E-state index in [1.54, 1.807) is 0 Å². The number of benzene rings is 1. The van der Waals surface area contributed by atoms with Crippen molar-refractivity contribution in [1.82, 2.24) is 10.6 Å². The van der Waals surface area contributed by atoms with Crippen molar-refractivity contribution in [1.29, 1.82) is 0 Å². The zero-order valence-corrected chi connectivity index (χ0v) is 20.6. The Kier molecular flexibility index (Phi) is 11.0. The second-order valence-corrected chi connectivity index (χ2v) is 8.27. The molecule has 0 aliphatic heterocycles. The van der Waals surface area contributed by atoms with Crippen LogP contribution in [0.3, 0.4) is 0 Å². The predicted octanol–water partition coefficient (Wildman–Crippen LogP) is 7.09. The maximum atomic E-state index is 6.32. The molecule has 0 aliphatic rings. The van der Waals surface area contributed by atoms with E-state index in [9.17, 15) is 0 Å². The van der Waals surface area contributed by atoms with E-state index in [2.05, 4.69) is 62.8 Å². The van der Waals surface area contributed by atoms with Crippen molar-refractivity contribution >= 4 is 11.6 Å². The average Bonchev–Trinajstić information content (AvgIpc) is 2.72. The highest BCUT2D eigenvalue weighted by Gasteiger charge is 2.12. The topological polar surface area (TPSA) is 50.1 Å². The standard InChI is InChI=1S/C27H38ClN3/c1-9-22(25(26(29)10-2)16-20(7)30-18(4)5)15-19(6)21(8)31-27(11-3)23-13-12-14-24(28)17-23/h9-10,12-18,27,30-31H,7-8,11,29H2,1-6H3/b19-15+,22-9+,25-16-,26-10+. The van der Waals surface area contributed by atoms with Crippen molar-refractivity contribution < 1.29 is 0 Å². The van der Waals surface area contributed by atoms with E-state index in [1.165, 1.54) is 0 Å². The normalized spacial score (nSPS) is 14.5. The van der Waals surface area contributed by atoms with Gasteiger partial charge in [-0.05, 0) is 82.0 Å². The van der Waals surface area contributed by atoms with Crippen molar-refractivity contribution in [3.8, 4) is 0 Å². The molecule has 0 saturated carbocycles. The van der Waals surface area contributed by atoms with Crippen LogP contribution >= 0.6 is 11.6 Å². The van der Waals surface area contributed by atoms with Crippen LogP contribution in [0.2, 0.25) is 5.02 Å². The second-order valence-electron chi connectivity index (χ2n) is 7.84. The molecule has 1 unspecified atom stereocenters. The van der Waals surface area contributed by atoms with Gasteiger partial charge in [0.15, 0.2) is 0 Å². The Bertz CT molecular complexity index is 901. The van der Waals surface area contributed by atoms with Crippen molar-refractivity contribution in [2.24, 2.45) is 5.73 Å². The number of rotatable bonds is 11. The molecule has 0 aromatic heterocycles. The molecule has 168 valence electrons. The van der Waals surface area contributed by atoms with E-state index in [1.807, 2.05) is 51.1 Å². The fraction of sp³-hybridized carbons (Fsp3) is 0.333. The van der Waals surface area contributed by atoms with Crippen molar-refractivity contribution in [2.45, 2.75) is 60.0 Å². The van der Waals surface area contributed by atoms with E-state index in [-0.39, 0.29) is 6.04 Å². The molecule has 0 heterocycles. The third kappa shape index (κ3) is 8.55. The Morgan fingerprint density at radius 1 is 1.13 bits per heavy atom. The molecule has 0 saturated heterocycles. The molecule has 0 spiro atoms. The molecule has 3 nitrogen and oxygen atoms in total. The van der Waals surface area contributed by atoms with Crippen LogP contribution < -0.4 is 16.4 Å². The molecule has 1 aromatic carbocycles. The maximum absolute atomic E-state index is 6.32. The van der Waals surface area contributed by atoms with Gasteiger partial charge in [0.05, 0.1) is 6.04 Å². The van der Waals surface area contributed by atoms with Gasteiger partial charge in [0.25, 0.3) is 0 Å². The quantitative estimate of drug-likeness (QED) is 0.322. The summed E-state index contributed by atoms with van der Waals surface area (Å²) in [6.45, 7) is 20.7. The summed E-state index contributed by atoms with van der Waals surface area (Å²) < 4.78 is 0. The number of halogens is 1. The lowest BCUT2D eigenvalue weighted by molar-refractivity contribution is 0.584. The molecule has 1 aromatic rings. The Labute approximate surface area is 194 Å². The molecule has 4 heteroatoms. The summed E-state index contributed by atoms with van der Waals surface area (Å²) in [5.41, 5.74) is 12.8. The Balaban J connectivity index is 3.16. The Hall–Kier alpha value is -2.65. The molecule has 0 fully saturated rings. The molecule has 31 heavy (non-hydrogen) atoms. The molecule has 0 amide bonds. The van der Waals surface area contributed by atoms with Gasteiger partial charge in [-0.15, -0.1) is 0 Å². The minimum Gasteiger partial charge on any atom is -0.398 e. The van der Waals surface area contributed by atoms with E-state index < -0.39 is 0 Å². The molecular weight excluding hydrogens is 402 g/mol. The first kappa shape index (κ1) is 26.4. The second kappa shape index (κ2) is 12.9. The Morgan fingerprint density at radius 2 is 1.81 bits per heavy atom. The first-order valence-electron chi connectivity index (χ1n) is 10.8. The highest BCUT2D eigenvalue weighted by molar-refractivity contribution is 6.30.